The summed E-state index contributed by atoms with van der Waals surface area (Å²) in [5.41, 5.74) is 2.15. The van der Waals surface area contributed by atoms with Gasteiger partial charge in [-0.25, -0.2) is 0 Å². The Morgan fingerprint density at radius 3 is 2.21 bits per heavy atom. The molecule has 1 aliphatic rings. The summed E-state index contributed by atoms with van der Waals surface area (Å²) in [6.45, 7) is 2.02. The van der Waals surface area contributed by atoms with Crippen LogP contribution in [0.1, 0.15) is 18.1 Å². The summed E-state index contributed by atoms with van der Waals surface area (Å²) < 4.78 is 5.81. The smallest absolute Gasteiger partial charge is 0.137 e. The lowest BCUT2D eigenvalue weighted by Crippen LogP contribution is -2.17. The van der Waals surface area contributed by atoms with E-state index in [4.69, 9.17) is 4.74 Å². The van der Waals surface area contributed by atoms with Crippen LogP contribution in [0.15, 0.2) is 65.8 Å². The minimum absolute atomic E-state index is 0.206. The first kappa shape index (κ1) is 11.9. The van der Waals surface area contributed by atoms with Crippen molar-refractivity contribution >= 4 is 5.71 Å². The van der Waals surface area contributed by atoms with Gasteiger partial charge in [0.2, 0.25) is 0 Å². The molecule has 3 heteroatoms. The molecular formula is C16H15NO2. The van der Waals surface area contributed by atoms with Crippen molar-refractivity contribution in [2.75, 3.05) is 0 Å². The molecule has 96 valence electrons. The second-order valence-corrected chi connectivity index (χ2v) is 4.82. The topological polar surface area (TPSA) is 45.1 Å². The molecule has 3 rings (SSSR count). The minimum atomic E-state index is -0.404. The highest BCUT2D eigenvalue weighted by molar-refractivity contribution is 6.05. The van der Waals surface area contributed by atoms with Gasteiger partial charge >= 0.3 is 0 Å². The van der Waals surface area contributed by atoms with E-state index in [9.17, 15) is 5.21 Å². The zero-order chi connectivity index (χ0) is 13.3. The average Bonchev–Trinajstić information content (AvgIpc) is 3.15. The molecule has 0 aromatic heterocycles. The Morgan fingerprint density at radius 1 is 1.05 bits per heavy atom. The normalized spacial score (nSPS) is 26.2. The van der Waals surface area contributed by atoms with E-state index in [1.54, 1.807) is 0 Å². The highest BCUT2D eigenvalue weighted by atomic mass is 16.6. The fourth-order valence-corrected chi connectivity index (χ4v) is 2.39. The Kier molecular flexibility index (Phi) is 2.84. The number of benzene rings is 2. The molecule has 2 aromatic rings. The molecule has 0 spiro atoms. The van der Waals surface area contributed by atoms with E-state index >= 15 is 0 Å². The monoisotopic (exact) mass is 253 g/mol. The molecule has 2 atom stereocenters. The van der Waals surface area contributed by atoms with Gasteiger partial charge < -0.3 is 9.94 Å². The molecule has 0 aliphatic carbocycles. The number of epoxide rings is 1. The Bertz CT molecular complexity index is 595. The number of nitrogens with zero attached hydrogens (tertiary/aromatic N) is 1. The SMILES string of the molecule is CC1(c2ccccc2)OC1/C(=N\O)c1ccccc1. The lowest BCUT2D eigenvalue weighted by Gasteiger charge is -2.07. The van der Waals surface area contributed by atoms with E-state index < -0.39 is 5.60 Å². The summed E-state index contributed by atoms with van der Waals surface area (Å²) in [4.78, 5) is 0. The number of rotatable bonds is 3. The van der Waals surface area contributed by atoms with Crippen LogP contribution in [-0.4, -0.2) is 17.0 Å². The maximum atomic E-state index is 9.28. The molecule has 2 aromatic carbocycles. The summed E-state index contributed by atoms with van der Waals surface area (Å²) in [7, 11) is 0. The van der Waals surface area contributed by atoms with Gasteiger partial charge in [0.15, 0.2) is 0 Å². The van der Waals surface area contributed by atoms with Crippen molar-refractivity contribution in [3.05, 3.63) is 71.8 Å². The summed E-state index contributed by atoms with van der Waals surface area (Å²) in [5.74, 6) is 0. The number of oxime groups is 1. The second kappa shape index (κ2) is 4.52. The van der Waals surface area contributed by atoms with Crippen LogP contribution in [-0.2, 0) is 10.3 Å². The van der Waals surface area contributed by atoms with Crippen LogP contribution < -0.4 is 0 Å². The van der Waals surface area contributed by atoms with E-state index in [2.05, 4.69) is 5.16 Å². The fraction of sp³-hybridized carbons (Fsp3) is 0.188. The number of ether oxygens (including phenoxy) is 1. The highest BCUT2D eigenvalue weighted by Gasteiger charge is 2.57. The third-order valence-electron chi connectivity index (χ3n) is 3.58. The Hall–Kier alpha value is -2.13. The summed E-state index contributed by atoms with van der Waals surface area (Å²) in [6, 6.07) is 19.6. The third kappa shape index (κ3) is 2.02. The minimum Gasteiger partial charge on any atom is -0.411 e. The van der Waals surface area contributed by atoms with Crippen molar-refractivity contribution in [2.45, 2.75) is 18.6 Å². The summed E-state index contributed by atoms with van der Waals surface area (Å²) in [6.07, 6.45) is -0.206. The predicted molar refractivity (Wildman–Crippen MR) is 73.4 cm³/mol. The van der Waals surface area contributed by atoms with E-state index in [-0.39, 0.29) is 6.10 Å². The molecule has 1 heterocycles. The quantitative estimate of drug-likeness (QED) is 0.395. The van der Waals surface area contributed by atoms with Crippen LogP contribution in [0.25, 0.3) is 0 Å². The molecule has 3 nitrogen and oxygen atoms in total. The van der Waals surface area contributed by atoms with Crippen LogP contribution in [0, 0.1) is 0 Å². The largest absolute Gasteiger partial charge is 0.411 e. The fourth-order valence-electron chi connectivity index (χ4n) is 2.39. The van der Waals surface area contributed by atoms with Gasteiger partial charge in [-0.3, -0.25) is 0 Å². The van der Waals surface area contributed by atoms with Crippen LogP contribution >= 0.6 is 0 Å². The van der Waals surface area contributed by atoms with Gasteiger partial charge in [-0.1, -0.05) is 65.8 Å². The zero-order valence-electron chi connectivity index (χ0n) is 10.7. The van der Waals surface area contributed by atoms with Gasteiger partial charge in [0.1, 0.15) is 17.4 Å². The van der Waals surface area contributed by atoms with Crippen molar-refractivity contribution in [1.82, 2.24) is 0 Å². The van der Waals surface area contributed by atoms with Crippen LogP contribution in [0.3, 0.4) is 0 Å². The maximum absolute atomic E-state index is 9.28. The van der Waals surface area contributed by atoms with Gasteiger partial charge in [-0.2, -0.15) is 0 Å². The van der Waals surface area contributed by atoms with Gasteiger partial charge in [-0.05, 0) is 12.5 Å². The lowest BCUT2D eigenvalue weighted by molar-refractivity contribution is 0.308. The van der Waals surface area contributed by atoms with Gasteiger partial charge in [-0.15, -0.1) is 0 Å². The number of hydrogen-bond donors (Lipinski definition) is 1. The predicted octanol–water partition coefficient (Wildman–Crippen LogP) is 3.18. The van der Waals surface area contributed by atoms with E-state index in [1.807, 2.05) is 67.6 Å². The molecule has 1 saturated heterocycles. The van der Waals surface area contributed by atoms with Gasteiger partial charge in [0.25, 0.3) is 0 Å². The Labute approximate surface area is 112 Å². The molecule has 0 saturated carbocycles. The molecule has 19 heavy (non-hydrogen) atoms. The van der Waals surface area contributed by atoms with Crippen molar-refractivity contribution in [1.29, 1.82) is 0 Å². The lowest BCUT2D eigenvalue weighted by atomic mass is 9.93. The molecular weight excluding hydrogens is 238 g/mol. The first-order valence-electron chi connectivity index (χ1n) is 6.26. The van der Waals surface area contributed by atoms with Crippen molar-refractivity contribution < 1.29 is 9.94 Å². The first-order valence-corrected chi connectivity index (χ1v) is 6.26. The molecule has 1 N–H and O–H groups in total. The molecule has 1 aliphatic heterocycles. The average molecular weight is 253 g/mol. The van der Waals surface area contributed by atoms with Crippen molar-refractivity contribution in [3.63, 3.8) is 0 Å². The number of hydrogen-bond acceptors (Lipinski definition) is 3. The Morgan fingerprint density at radius 2 is 1.63 bits per heavy atom. The van der Waals surface area contributed by atoms with Crippen LogP contribution in [0.5, 0.6) is 0 Å². The molecule has 0 radical (unpaired) electrons. The standard InChI is InChI=1S/C16H15NO2/c1-16(13-10-6-3-7-11-13)15(19-16)14(17-18)12-8-4-2-5-9-12/h2-11,15,18H,1H3/b17-14-. The van der Waals surface area contributed by atoms with E-state index in [0.29, 0.717) is 5.71 Å². The summed E-state index contributed by atoms with van der Waals surface area (Å²) in [5, 5.41) is 12.7. The third-order valence-corrected chi connectivity index (χ3v) is 3.58. The molecule has 0 bridgehead atoms. The van der Waals surface area contributed by atoms with E-state index in [1.165, 1.54) is 0 Å². The van der Waals surface area contributed by atoms with Crippen molar-refractivity contribution in [3.8, 4) is 0 Å². The van der Waals surface area contributed by atoms with Gasteiger partial charge in [0, 0.05) is 5.56 Å². The molecule has 2 unspecified atom stereocenters. The van der Waals surface area contributed by atoms with E-state index in [0.717, 1.165) is 11.1 Å². The zero-order valence-corrected chi connectivity index (χ0v) is 10.7. The second-order valence-electron chi connectivity index (χ2n) is 4.82. The van der Waals surface area contributed by atoms with Gasteiger partial charge in [0.05, 0.1) is 0 Å². The first-order chi connectivity index (χ1) is 9.25. The summed E-state index contributed by atoms with van der Waals surface area (Å²) >= 11 is 0. The Balaban J connectivity index is 1.90. The van der Waals surface area contributed by atoms with Crippen LogP contribution in [0.2, 0.25) is 0 Å². The van der Waals surface area contributed by atoms with Crippen LogP contribution in [0.4, 0.5) is 0 Å². The maximum Gasteiger partial charge on any atom is 0.137 e. The van der Waals surface area contributed by atoms with Crippen molar-refractivity contribution in [2.24, 2.45) is 5.16 Å². The molecule has 1 fully saturated rings. The highest BCUT2D eigenvalue weighted by Crippen LogP contribution is 2.47. The molecule has 0 amide bonds.